The zero-order chi connectivity index (χ0) is 11.2. The van der Waals surface area contributed by atoms with E-state index >= 15 is 0 Å². The minimum Gasteiger partial charge on any atom is -0.394 e. The minimum absolute atomic E-state index is 0.0556. The second-order valence-corrected chi connectivity index (χ2v) is 3.21. The van der Waals surface area contributed by atoms with Crippen LogP contribution in [0.3, 0.4) is 0 Å². The fraction of sp³-hybridized carbons (Fsp3) is 0.400. The third-order valence-corrected chi connectivity index (χ3v) is 2.05. The number of rotatable bonds is 6. The second-order valence-electron chi connectivity index (χ2n) is 3.21. The van der Waals surface area contributed by atoms with Crippen LogP contribution in [0.15, 0.2) is 24.5 Å². The van der Waals surface area contributed by atoms with Gasteiger partial charge in [0.15, 0.2) is 5.65 Å². The van der Waals surface area contributed by atoms with Crippen LogP contribution in [-0.2, 0) is 4.74 Å². The molecule has 0 radical (unpaired) electrons. The molecule has 0 aliphatic heterocycles. The summed E-state index contributed by atoms with van der Waals surface area (Å²) in [4.78, 5) is 4.34. The Balaban J connectivity index is 1.84. The van der Waals surface area contributed by atoms with Crippen molar-refractivity contribution in [1.82, 2.24) is 14.6 Å². The Morgan fingerprint density at radius 3 is 3.19 bits per heavy atom. The van der Waals surface area contributed by atoms with Gasteiger partial charge in [-0.15, -0.1) is 0 Å². The van der Waals surface area contributed by atoms with E-state index in [1.54, 1.807) is 10.7 Å². The summed E-state index contributed by atoms with van der Waals surface area (Å²) in [6.45, 7) is 1.64. The van der Waals surface area contributed by atoms with E-state index in [0.29, 0.717) is 19.8 Å². The Bertz CT molecular complexity index is 443. The van der Waals surface area contributed by atoms with E-state index in [4.69, 9.17) is 9.84 Å². The molecule has 0 aliphatic rings. The minimum atomic E-state index is 0.0556. The zero-order valence-electron chi connectivity index (χ0n) is 8.83. The predicted octanol–water partition coefficient (Wildman–Crippen LogP) is 0.150. The standard InChI is InChI=1S/C10H14N4O2/c15-6-8-16-7-4-11-9-2-5-14-10(13-9)1-3-12-14/h1-3,5,15H,4,6-8H2,(H,11,13). The number of anilines is 1. The maximum Gasteiger partial charge on any atom is 0.157 e. The Labute approximate surface area is 92.9 Å². The number of aliphatic hydroxyl groups is 1. The van der Waals surface area contributed by atoms with Crippen LogP contribution >= 0.6 is 0 Å². The van der Waals surface area contributed by atoms with Gasteiger partial charge in [0.05, 0.1) is 26.0 Å². The summed E-state index contributed by atoms with van der Waals surface area (Å²) in [6, 6.07) is 3.69. The fourth-order valence-electron chi connectivity index (χ4n) is 1.33. The average molecular weight is 222 g/mol. The smallest absolute Gasteiger partial charge is 0.157 e. The summed E-state index contributed by atoms with van der Waals surface area (Å²) in [7, 11) is 0. The highest BCUT2D eigenvalue weighted by Gasteiger charge is 1.97. The van der Waals surface area contributed by atoms with Gasteiger partial charge in [0.2, 0.25) is 0 Å². The van der Waals surface area contributed by atoms with Gasteiger partial charge in [0.25, 0.3) is 0 Å². The molecule has 0 aliphatic carbocycles. The first-order chi connectivity index (χ1) is 7.90. The largest absolute Gasteiger partial charge is 0.394 e. The number of hydrogen-bond acceptors (Lipinski definition) is 5. The van der Waals surface area contributed by atoms with Crippen LogP contribution in [0, 0.1) is 0 Å². The highest BCUT2D eigenvalue weighted by molar-refractivity contribution is 5.45. The summed E-state index contributed by atoms with van der Waals surface area (Å²) in [5.74, 6) is 0.792. The molecule has 0 atom stereocenters. The lowest BCUT2D eigenvalue weighted by atomic mass is 10.5. The maximum atomic E-state index is 8.51. The first-order valence-corrected chi connectivity index (χ1v) is 5.13. The molecule has 0 bridgehead atoms. The van der Waals surface area contributed by atoms with E-state index in [-0.39, 0.29) is 6.61 Å². The highest BCUT2D eigenvalue weighted by Crippen LogP contribution is 2.04. The van der Waals surface area contributed by atoms with Crippen molar-refractivity contribution < 1.29 is 9.84 Å². The monoisotopic (exact) mass is 222 g/mol. The molecule has 0 amide bonds. The third kappa shape index (κ3) is 2.68. The summed E-state index contributed by atoms with van der Waals surface area (Å²) in [6.07, 6.45) is 3.55. The quantitative estimate of drug-likeness (QED) is 0.681. The van der Waals surface area contributed by atoms with Crippen LogP contribution in [0.2, 0.25) is 0 Å². The molecule has 2 aromatic heterocycles. The third-order valence-electron chi connectivity index (χ3n) is 2.05. The zero-order valence-corrected chi connectivity index (χ0v) is 8.83. The van der Waals surface area contributed by atoms with Gasteiger partial charge in [-0.3, -0.25) is 0 Å². The van der Waals surface area contributed by atoms with E-state index in [9.17, 15) is 0 Å². The van der Waals surface area contributed by atoms with E-state index < -0.39 is 0 Å². The molecule has 16 heavy (non-hydrogen) atoms. The first kappa shape index (κ1) is 10.8. The number of nitrogens with zero attached hydrogens (tertiary/aromatic N) is 3. The SMILES string of the molecule is OCCOCCNc1ccn2nccc2n1. The number of aromatic nitrogens is 3. The van der Waals surface area contributed by atoms with Gasteiger partial charge >= 0.3 is 0 Å². The van der Waals surface area contributed by atoms with Crippen LogP contribution < -0.4 is 5.32 Å². The Kier molecular flexibility index (Phi) is 3.68. The molecule has 0 saturated carbocycles. The maximum absolute atomic E-state index is 8.51. The molecule has 2 rings (SSSR count). The molecule has 6 nitrogen and oxygen atoms in total. The van der Waals surface area contributed by atoms with Gasteiger partial charge in [0, 0.05) is 18.8 Å². The van der Waals surface area contributed by atoms with Crippen LogP contribution in [0.25, 0.3) is 5.65 Å². The van der Waals surface area contributed by atoms with Crippen LogP contribution in [-0.4, -0.2) is 46.1 Å². The lowest BCUT2D eigenvalue weighted by molar-refractivity contribution is 0.0992. The molecule has 2 N–H and O–H groups in total. The van der Waals surface area contributed by atoms with Crippen LogP contribution in [0.4, 0.5) is 5.82 Å². The summed E-state index contributed by atoms with van der Waals surface area (Å²) in [5, 5.41) is 15.7. The summed E-state index contributed by atoms with van der Waals surface area (Å²) >= 11 is 0. The van der Waals surface area contributed by atoms with Gasteiger partial charge in [0.1, 0.15) is 5.82 Å². The summed E-state index contributed by atoms with van der Waals surface area (Å²) < 4.78 is 6.82. The van der Waals surface area contributed by atoms with Crippen molar-refractivity contribution >= 4 is 11.5 Å². The number of ether oxygens (including phenoxy) is 1. The topological polar surface area (TPSA) is 71.7 Å². The van der Waals surface area contributed by atoms with Gasteiger partial charge in [-0.05, 0) is 6.07 Å². The van der Waals surface area contributed by atoms with Gasteiger partial charge in [-0.25, -0.2) is 9.50 Å². The summed E-state index contributed by atoms with van der Waals surface area (Å²) in [5.41, 5.74) is 0.807. The van der Waals surface area contributed by atoms with E-state index in [1.165, 1.54) is 0 Å². The molecule has 2 heterocycles. The molecule has 0 unspecified atom stereocenters. The van der Waals surface area contributed by atoms with E-state index in [1.807, 2.05) is 18.3 Å². The normalized spacial score (nSPS) is 10.8. The van der Waals surface area contributed by atoms with E-state index in [2.05, 4.69) is 15.4 Å². The van der Waals surface area contributed by atoms with Crippen molar-refractivity contribution in [1.29, 1.82) is 0 Å². The van der Waals surface area contributed by atoms with Crippen molar-refractivity contribution in [3.8, 4) is 0 Å². The van der Waals surface area contributed by atoms with Crippen LogP contribution in [0.1, 0.15) is 0 Å². The van der Waals surface area contributed by atoms with Crippen molar-refractivity contribution in [2.75, 3.05) is 31.7 Å². The molecule has 0 aromatic carbocycles. The number of fused-ring (bicyclic) bond motifs is 1. The predicted molar refractivity (Wildman–Crippen MR) is 59.4 cm³/mol. The first-order valence-electron chi connectivity index (χ1n) is 5.13. The molecule has 0 fully saturated rings. The lowest BCUT2D eigenvalue weighted by Crippen LogP contribution is -2.12. The van der Waals surface area contributed by atoms with Crippen molar-refractivity contribution in [2.45, 2.75) is 0 Å². The number of aliphatic hydroxyl groups excluding tert-OH is 1. The molecular weight excluding hydrogens is 208 g/mol. The van der Waals surface area contributed by atoms with Crippen LogP contribution in [0.5, 0.6) is 0 Å². The molecular formula is C10H14N4O2. The lowest BCUT2D eigenvalue weighted by Gasteiger charge is -2.05. The Morgan fingerprint density at radius 1 is 1.38 bits per heavy atom. The van der Waals surface area contributed by atoms with Crippen molar-refractivity contribution in [3.05, 3.63) is 24.5 Å². The van der Waals surface area contributed by atoms with E-state index in [0.717, 1.165) is 11.5 Å². The molecule has 6 heteroatoms. The van der Waals surface area contributed by atoms with Crippen molar-refractivity contribution in [3.63, 3.8) is 0 Å². The number of nitrogens with one attached hydrogen (secondary N) is 1. The highest BCUT2D eigenvalue weighted by atomic mass is 16.5. The fourth-order valence-corrected chi connectivity index (χ4v) is 1.33. The molecule has 2 aromatic rings. The van der Waals surface area contributed by atoms with Gasteiger partial charge in [-0.2, -0.15) is 5.10 Å². The van der Waals surface area contributed by atoms with Gasteiger partial charge < -0.3 is 15.2 Å². The van der Waals surface area contributed by atoms with Crippen molar-refractivity contribution in [2.24, 2.45) is 0 Å². The molecule has 0 saturated heterocycles. The average Bonchev–Trinajstić information content (AvgIpc) is 2.76. The molecule has 86 valence electrons. The molecule has 0 spiro atoms. The number of hydrogen-bond donors (Lipinski definition) is 2. The Hall–Kier alpha value is -1.66. The Morgan fingerprint density at radius 2 is 2.31 bits per heavy atom. The second kappa shape index (κ2) is 5.43. The van der Waals surface area contributed by atoms with Gasteiger partial charge in [-0.1, -0.05) is 0 Å².